The predicted octanol–water partition coefficient (Wildman–Crippen LogP) is 13.4. The van der Waals surface area contributed by atoms with Crippen molar-refractivity contribution in [2.75, 3.05) is 0 Å². The summed E-state index contributed by atoms with van der Waals surface area (Å²) in [5.41, 5.74) is 14.4. The topological polar surface area (TPSA) is 9.86 Å². The lowest BCUT2D eigenvalue weighted by molar-refractivity contribution is 1.18. The van der Waals surface area contributed by atoms with E-state index in [1.165, 1.54) is 77.0 Å². The summed E-state index contributed by atoms with van der Waals surface area (Å²) in [6.07, 6.45) is 0. The molecule has 238 valence electrons. The number of benzene rings is 8. The molecule has 0 spiro atoms. The van der Waals surface area contributed by atoms with E-state index >= 15 is 0 Å². The quantitative estimate of drug-likeness (QED) is 0.176. The molecule has 2 heteroatoms. The van der Waals surface area contributed by atoms with Gasteiger partial charge in [-0.1, -0.05) is 140 Å². The lowest BCUT2D eigenvalue weighted by Gasteiger charge is -2.12. The van der Waals surface area contributed by atoms with E-state index in [0.717, 1.165) is 11.4 Å². The van der Waals surface area contributed by atoms with Crippen LogP contribution < -0.4 is 0 Å². The van der Waals surface area contributed by atoms with Crippen molar-refractivity contribution in [3.05, 3.63) is 194 Å². The van der Waals surface area contributed by atoms with Crippen LogP contribution in [0.5, 0.6) is 0 Å². The van der Waals surface area contributed by atoms with Crippen LogP contribution in [0.1, 0.15) is 4.40 Å². The van der Waals surface area contributed by atoms with Gasteiger partial charge in [-0.2, -0.15) is 0 Å². The van der Waals surface area contributed by atoms with Gasteiger partial charge < -0.3 is 9.13 Å². The van der Waals surface area contributed by atoms with E-state index in [1.807, 2.05) is 0 Å². The maximum absolute atomic E-state index is 5.00. The zero-order chi connectivity index (χ0) is 35.0. The molecule has 10 aromatic rings. The van der Waals surface area contributed by atoms with Crippen molar-refractivity contribution in [2.45, 2.75) is 0 Å². The fourth-order valence-corrected chi connectivity index (χ4v) is 7.75. The maximum Gasteiger partial charge on any atom is 0.0547 e. The molecule has 0 bridgehead atoms. The predicted molar refractivity (Wildman–Crippen MR) is 216 cm³/mol. The number of hydrogen-bond acceptors (Lipinski definition) is 0. The lowest BCUT2D eigenvalue weighted by atomic mass is 10.0. The van der Waals surface area contributed by atoms with Crippen LogP contribution >= 0.6 is 0 Å². The van der Waals surface area contributed by atoms with Crippen molar-refractivity contribution >= 4 is 43.6 Å². The van der Waals surface area contributed by atoms with E-state index in [-0.39, 0.29) is 1.43 Å². The molecule has 0 aliphatic carbocycles. The zero-order valence-electron chi connectivity index (χ0n) is 29.4. The minimum Gasteiger partial charge on any atom is -0.309 e. The largest absolute Gasteiger partial charge is 0.309 e. The van der Waals surface area contributed by atoms with Gasteiger partial charge in [0.05, 0.1) is 22.1 Å². The monoisotopic (exact) mass is 644 g/mol. The smallest absolute Gasteiger partial charge is 0.0547 e. The molecule has 0 saturated carbocycles. The molecule has 0 N–H and O–H groups in total. The first-order chi connectivity index (χ1) is 25.8. The standard InChI is InChI=1S/C48H32N2.2H2/c1-3-12-33(13-4-1)35-22-26-39(27-23-35)49-46-21-10-8-19-42(46)44-31-37(25-29-47(44)49)38-24-28-43-41-18-7-9-20-45(41)50(48(43)32-38)40-17-11-16-36(30-40)34-14-5-2-6-15-34;;/h1-32H;2*1H/i;1+2T;. The second-order valence-electron chi connectivity index (χ2n) is 13.0. The van der Waals surface area contributed by atoms with Gasteiger partial charge >= 0.3 is 0 Å². The number of hydrogen-bond donors (Lipinski definition) is 0. The lowest BCUT2D eigenvalue weighted by Crippen LogP contribution is -1.95. The first-order valence-corrected chi connectivity index (χ1v) is 17.2. The molecule has 0 atom stereocenters. The molecule has 0 fully saturated rings. The highest BCUT2D eigenvalue weighted by Gasteiger charge is 2.16. The normalized spacial score (nSPS) is 11.8. The zero-order valence-corrected chi connectivity index (χ0v) is 27.4. The molecule has 10 rings (SSSR count). The second kappa shape index (κ2) is 11.5. The number of rotatable bonds is 5. The molecule has 0 radical (unpaired) electrons. The van der Waals surface area contributed by atoms with Gasteiger partial charge in [-0.25, -0.2) is 0 Å². The molecule has 2 nitrogen and oxygen atoms in total. The van der Waals surface area contributed by atoms with Crippen LogP contribution in [0.3, 0.4) is 0 Å². The van der Waals surface area contributed by atoms with Crippen molar-refractivity contribution < 1.29 is 4.40 Å². The van der Waals surface area contributed by atoms with Gasteiger partial charge in [-0.05, 0) is 88.0 Å². The van der Waals surface area contributed by atoms with Crippen LogP contribution in [0.25, 0.3) is 88.4 Å². The van der Waals surface area contributed by atoms with Gasteiger partial charge in [0.2, 0.25) is 0 Å². The minimum atomic E-state index is 0. The van der Waals surface area contributed by atoms with Crippen LogP contribution in [0.4, 0.5) is 0 Å². The Hall–Kier alpha value is -6.64. The molecule has 0 aliphatic heterocycles. The summed E-state index contributed by atoms with van der Waals surface area (Å²) < 4.78 is 14.8. The van der Waals surface area contributed by atoms with Gasteiger partial charge in [-0.3, -0.25) is 0 Å². The molecule has 0 saturated heterocycles. The number of nitrogens with zero attached hydrogens (tertiary/aromatic N) is 2. The molecule has 0 unspecified atom stereocenters. The van der Waals surface area contributed by atoms with Gasteiger partial charge in [0.15, 0.2) is 0 Å². The number of fused-ring (bicyclic) bond motifs is 6. The van der Waals surface area contributed by atoms with Crippen molar-refractivity contribution in [3.63, 3.8) is 0 Å². The Labute approximate surface area is 295 Å². The summed E-state index contributed by atoms with van der Waals surface area (Å²) in [5, 5.41) is 5.02. The Morgan fingerprint density at radius 1 is 0.280 bits per heavy atom. The molecule has 2 heterocycles. The summed E-state index contributed by atoms with van der Waals surface area (Å²) >= 11 is 0. The average molecular weight is 645 g/mol. The first-order valence-electron chi connectivity index (χ1n) is 18.2. The Morgan fingerprint density at radius 3 is 1.46 bits per heavy atom. The summed E-state index contributed by atoms with van der Waals surface area (Å²) in [4.78, 5) is 0. The molecular formula is C48H36N2. The van der Waals surface area contributed by atoms with Crippen LogP contribution in [-0.4, -0.2) is 9.13 Å². The molecule has 50 heavy (non-hydrogen) atoms. The molecule has 0 aliphatic rings. The van der Waals surface area contributed by atoms with Crippen molar-refractivity contribution in [1.29, 1.82) is 0 Å². The average Bonchev–Trinajstić information content (AvgIpc) is 3.74. The highest BCUT2D eigenvalue weighted by Crippen LogP contribution is 2.39. The van der Waals surface area contributed by atoms with E-state index in [4.69, 9.17) is 2.97 Å². The van der Waals surface area contributed by atoms with Crippen LogP contribution in [0.15, 0.2) is 194 Å². The third kappa shape index (κ3) is 4.57. The van der Waals surface area contributed by atoms with Crippen molar-refractivity contribution in [2.24, 2.45) is 0 Å². The fraction of sp³-hybridized carbons (Fsp3) is 0. The number of aromatic nitrogens is 2. The summed E-state index contributed by atoms with van der Waals surface area (Å²) in [7, 11) is 0. The van der Waals surface area contributed by atoms with Gasteiger partial charge in [0, 0.05) is 37.3 Å². The van der Waals surface area contributed by atoms with E-state index in [0.29, 0.717) is 0 Å². The van der Waals surface area contributed by atoms with E-state index in [9.17, 15) is 0 Å². The minimum absolute atomic E-state index is 0. The van der Waals surface area contributed by atoms with E-state index in [2.05, 4.69) is 203 Å². The molecular weight excluding hydrogens is 605 g/mol. The number of para-hydroxylation sites is 2. The Morgan fingerprint density at radius 2 is 0.740 bits per heavy atom. The van der Waals surface area contributed by atoms with Crippen molar-refractivity contribution in [1.82, 2.24) is 9.13 Å². The van der Waals surface area contributed by atoms with Gasteiger partial charge in [0.25, 0.3) is 0 Å². The van der Waals surface area contributed by atoms with Crippen LogP contribution in [-0.2, 0) is 0 Å². The van der Waals surface area contributed by atoms with E-state index in [1.54, 1.807) is 0 Å². The fourth-order valence-electron chi connectivity index (χ4n) is 7.75. The SMILES string of the molecule is [3H][3H].[HH].c1ccc(-c2ccc(-n3c4ccccc4c4cc(-c5ccc6c7ccccc7n(-c7cccc(-c8ccccc8)c7)c6c5)ccc43)cc2)cc1. The van der Waals surface area contributed by atoms with Crippen LogP contribution in [0.2, 0.25) is 0 Å². The third-order valence-corrected chi connectivity index (χ3v) is 10.1. The maximum atomic E-state index is 5.00. The van der Waals surface area contributed by atoms with E-state index < -0.39 is 0 Å². The molecule has 8 aromatic carbocycles. The van der Waals surface area contributed by atoms with Gasteiger partial charge in [-0.15, -0.1) is 0 Å². The molecule has 0 amide bonds. The summed E-state index contributed by atoms with van der Waals surface area (Å²) in [5.74, 6) is 0. The Balaban J connectivity index is 0.00000131. The Bertz CT molecular complexity index is 2860. The van der Waals surface area contributed by atoms with Crippen molar-refractivity contribution in [3.8, 4) is 44.8 Å². The third-order valence-electron chi connectivity index (χ3n) is 10.1. The first kappa shape index (κ1) is 27.3. The highest BCUT2D eigenvalue weighted by atomic mass is 15.0. The second-order valence-corrected chi connectivity index (χ2v) is 13.0. The summed E-state index contributed by atoms with van der Waals surface area (Å²) in [6, 6.07) is 70.4. The molecule has 2 aromatic heterocycles. The Kier molecular flexibility index (Phi) is 6.29. The van der Waals surface area contributed by atoms with Gasteiger partial charge in [0.1, 0.15) is 0 Å². The highest BCUT2D eigenvalue weighted by molar-refractivity contribution is 6.12. The van der Waals surface area contributed by atoms with Crippen LogP contribution in [0, 0.1) is 0 Å². The summed E-state index contributed by atoms with van der Waals surface area (Å²) in [6.45, 7) is 0.